The quantitative estimate of drug-likeness (QED) is 0.613. The lowest BCUT2D eigenvalue weighted by atomic mass is 10.1. The molecule has 0 unspecified atom stereocenters. The number of anilines is 1. The van der Waals surface area contributed by atoms with Crippen molar-refractivity contribution < 1.29 is 9.53 Å². The van der Waals surface area contributed by atoms with Crippen LogP contribution in [0, 0.1) is 13.8 Å². The normalized spacial score (nSPS) is 11.7. The molecule has 4 nitrogen and oxygen atoms in total. The molecule has 3 aromatic rings. The summed E-state index contributed by atoms with van der Waals surface area (Å²) in [6, 6.07) is 15.5. The summed E-state index contributed by atoms with van der Waals surface area (Å²) in [6.45, 7) is 5.56. The molecular formula is C23H23ClN2O2. The highest BCUT2D eigenvalue weighted by atomic mass is 35.5. The Bertz CT molecular complexity index is 933. The number of aryl methyl sites for hydroxylation is 2. The average Bonchev–Trinajstić information content (AvgIpc) is 2.68. The van der Waals surface area contributed by atoms with Crippen molar-refractivity contribution in [2.24, 2.45) is 0 Å². The monoisotopic (exact) mass is 394 g/mol. The number of hydrogen-bond acceptors (Lipinski definition) is 3. The number of halogens is 1. The van der Waals surface area contributed by atoms with E-state index in [1.807, 2.05) is 62.4 Å². The molecule has 2 aromatic carbocycles. The van der Waals surface area contributed by atoms with E-state index in [2.05, 4.69) is 10.3 Å². The van der Waals surface area contributed by atoms with Gasteiger partial charge in [-0.2, -0.15) is 0 Å². The van der Waals surface area contributed by atoms with Crippen LogP contribution in [0.2, 0.25) is 5.02 Å². The third kappa shape index (κ3) is 5.11. The SMILES string of the molecule is Cc1cc(O[C@@H](C)C(=O)Nc2ccc(Cc3ccncc3)cc2)cc(C)c1Cl. The molecule has 1 heterocycles. The molecule has 144 valence electrons. The molecule has 0 saturated carbocycles. The predicted molar refractivity (Wildman–Crippen MR) is 113 cm³/mol. The van der Waals surface area contributed by atoms with Gasteiger partial charge in [-0.1, -0.05) is 23.7 Å². The van der Waals surface area contributed by atoms with E-state index in [9.17, 15) is 4.79 Å². The molecule has 0 aliphatic rings. The van der Waals surface area contributed by atoms with Crippen molar-refractivity contribution >= 4 is 23.2 Å². The Morgan fingerprint density at radius 2 is 1.61 bits per heavy atom. The number of pyridine rings is 1. The van der Waals surface area contributed by atoms with Gasteiger partial charge in [0.1, 0.15) is 5.75 Å². The van der Waals surface area contributed by atoms with Crippen LogP contribution in [0.3, 0.4) is 0 Å². The van der Waals surface area contributed by atoms with Crippen LogP contribution >= 0.6 is 11.6 Å². The van der Waals surface area contributed by atoms with Gasteiger partial charge in [0.25, 0.3) is 5.91 Å². The molecule has 0 aliphatic heterocycles. The minimum atomic E-state index is -0.628. The van der Waals surface area contributed by atoms with Gasteiger partial charge in [0.15, 0.2) is 6.10 Å². The van der Waals surface area contributed by atoms with Crippen LogP contribution < -0.4 is 10.1 Å². The summed E-state index contributed by atoms with van der Waals surface area (Å²) in [6.07, 6.45) is 3.77. The number of aromatic nitrogens is 1. The Balaban J connectivity index is 1.59. The number of rotatable bonds is 6. The number of benzene rings is 2. The van der Waals surface area contributed by atoms with E-state index < -0.39 is 6.10 Å². The van der Waals surface area contributed by atoms with Crippen LogP contribution in [0.25, 0.3) is 0 Å². The van der Waals surface area contributed by atoms with Crippen molar-refractivity contribution in [1.82, 2.24) is 4.98 Å². The minimum absolute atomic E-state index is 0.202. The Labute approximate surface area is 170 Å². The standard InChI is InChI=1S/C23H23ClN2O2/c1-15-12-21(13-16(2)22(15)24)28-17(3)23(27)26-20-6-4-18(5-7-20)14-19-8-10-25-11-9-19/h4-13,17H,14H2,1-3H3,(H,26,27)/t17-/m0/s1. The van der Waals surface area contributed by atoms with E-state index in [4.69, 9.17) is 16.3 Å². The van der Waals surface area contributed by atoms with Crippen LogP contribution in [0.1, 0.15) is 29.2 Å². The largest absolute Gasteiger partial charge is 0.481 e. The molecule has 5 heteroatoms. The summed E-state index contributed by atoms with van der Waals surface area (Å²) < 4.78 is 5.79. The van der Waals surface area contributed by atoms with Crippen LogP contribution in [0.15, 0.2) is 60.9 Å². The molecule has 1 N–H and O–H groups in total. The first-order chi connectivity index (χ1) is 13.4. The number of nitrogens with one attached hydrogen (secondary N) is 1. The summed E-state index contributed by atoms with van der Waals surface area (Å²) in [7, 11) is 0. The Hall–Kier alpha value is -2.85. The minimum Gasteiger partial charge on any atom is -0.481 e. The van der Waals surface area contributed by atoms with Gasteiger partial charge in [-0.05, 0) is 85.8 Å². The second kappa shape index (κ2) is 8.89. The van der Waals surface area contributed by atoms with E-state index in [1.54, 1.807) is 19.3 Å². The van der Waals surface area contributed by atoms with E-state index in [0.29, 0.717) is 5.75 Å². The van der Waals surface area contributed by atoms with Crippen molar-refractivity contribution in [3.63, 3.8) is 0 Å². The number of carbonyl (C=O) groups excluding carboxylic acids is 1. The summed E-state index contributed by atoms with van der Waals surface area (Å²) in [5.41, 5.74) is 4.95. The number of amides is 1. The van der Waals surface area contributed by atoms with E-state index >= 15 is 0 Å². The third-order valence-corrected chi connectivity index (χ3v) is 5.07. The lowest BCUT2D eigenvalue weighted by Gasteiger charge is -2.16. The number of nitrogens with zero attached hydrogens (tertiary/aromatic N) is 1. The van der Waals surface area contributed by atoms with Crippen molar-refractivity contribution in [3.8, 4) is 5.75 Å². The molecule has 3 rings (SSSR count). The number of carbonyl (C=O) groups is 1. The maximum atomic E-state index is 12.5. The first kappa shape index (κ1) is 19.9. The molecule has 1 atom stereocenters. The van der Waals surface area contributed by atoms with Crippen LogP contribution in [0.5, 0.6) is 5.75 Å². The van der Waals surface area contributed by atoms with Gasteiger partial charge in [-0.25, -0.2) is 0 Å². The van der Waals surface area contributed by atoms with Crippen molar-refractivity contribution in [2.75, 3.05) is 5.32 Å². The molecule has 0 bridgehead atoms. The number of ether oxygens (including phenoxy) is 1. The fourth-order valence-corrected chi connectivity index (χ4v) is 3.03. The van der Waals surface area contributed by atoms with Gasteiger partial charge < -0.3 is 10.1 Å². The third-order valence-electron chi connectivity index (χ3n) is 4.47. The topological polar surface area (TPSA) is 51.2 Å². The average molecular weight is 395 g/mol. The van der Waals surface area contributed by atoms with Gasteiger partial charge in [-0.15, -0.1) is 0 Å². The molecule has 0 fully saturated rings. The highest BCUT2D eigenvalue weighted by Crippen LogP contribution is 2.26. The van der Waals surface area contributed by atoms with Gasteiger partial charge in [0, 0.05) is 23.1 Å². The summed E-state index contributed by atoms with van der Waals surface area (Å²) >= 11 is 6.18. The zero-order chi connectivity index (χ0) is 20.1. The molecule has 28 heavy (non-hydrogen) atoms. The Morgan fingerprint density at radius 3 is 2.21 bits per heavy atom. The fourth-order valence-electron chi connectivity index (χ4n) is 2.92. The van der Waals surface area contributed by atoms with Crippen LogP contribution in [0.4, 0.5) is 5.69 Å². The molecule has 0 radical (unpaired) electrons. The predicted octanol–water partition coefficient (Wildman–Crippen LogP) is 5.35. The van der Waals surface area contributed by atoms with E-state index in [0.717, 1.165) is 28.3 Å². The zero-order valence-electron chi connectivity index (χ0n) is 16.2. The lowest BCUT2D eigenvalue weighted by molar-refractivity contribution is -0.122. The van der Waals surface area contributed by atoms with Gasteiger partial charge in [0.05, 0.1) is 0 Å². The van der Waals surface area contributed by atoms with Gasteiger partial charge in [0.2, 0.25) is 0 Å². The van der Waals surface area contributed by atoms with Gasteiger partial charge in [-0.3, -0.25) is 9.78 Å². The molecule has 0 saturated heterocycles. The Kier molecular flexibility index (Phi) is 6.32. The second-order valence-electron chi connectivity index (χ2n) is 6.85. The Morgan fingerprint density at radius 1 is 1.04 bits per heavy atom. The molecular weight excluding hydrogens is 372 g/mol. The smallest absolute Gasteiger partial charge is 0.265 e. The first-order valence-corrected chi connectivity index (χ1v) is 9.52. The fraction of sp³-hybridized carbons (Fsp3) is 0.217. The molecule has 0 spiro atoms. The van der Waals surface area contributed by atoms with Crippen LogP contribution in [-0.4, -0.2) is 17.0 Å². The molecule has 0 aliphatic carbocycles. The van der Waals surface area contributed by atoms with Crippen molar-refractivity contribution in [3.05, 3.63) is 88.2 Å². The number of hydrogen-bond donors (Lipinski definition) is 1. The highest BCUT2D eigenvalue weighted by molar-refractivity contribution is 6.32. The lowest BCUT2D eigenvalue weighted by Crippen LogP contribution is -2.30. The molecule has 1 amide bonds. The van der Waals surface area contributed by atoms with Crippen LogP contribution in [-0.2, 0) is 11.2 Å². The summed E-state index contributed by atoms with van der Waals surface area (Å²) in [5.74, 6) is 0.432. The maximum absolute atomic E-state index is 12.5. The second-order valence-corrected chi connectivity index (χ2v) is 7.23. The summed E-state index contributed by atoms with van der Waals surface area (Å²) in [5, 5.41) is 3.61. The zero-order valence-corrected chi connectivity index (χ0v) is 17.0. The molecule has 1 aromatic heterocycles. The van der Waals surface area contributed by atoms with E-state index in [-0.39, 0.29) is 5.91 Å². The maximum Gasteiger partial charge on any atom is 0.265 e. The first-order valence-electron chi connectivity index (χ1n) is 9.14. The highest BCUT2D eigenvalue weighted by Gasteiger charge is 2.16. The van der Waals surface area contributed by atoms with Gasteiger partial charge >= 0.3 is 0 Å². The van der Waals surface area contributed by atoms with Crippen molar-refractivity contribution in [1.29, 1.82) is 0 Å². The summed E-state index contributed by atoms with van der Waals surface area (Å²) in [4.78, 5) is 16.5. The van der Waals surface area contributed by atoms with E-state index in [1.165, 1.54) is 11.1 Å². The van der Waals surface area contributed by atoms with Crippen molar-refractivity contribution in [2.45, 2.75) is 33.3 Å².